The number of hydrogen-bond acceptors (Lipinski definition) is 3. The van der Waals surface area contributed by atoms with Crippen molar-refractivity contribution < 1.29 is 9.53 Å². The van der Waals surface area contributed by atoms with Gasteiger partial charge in [-0.2, -0.15) is 0 Å². The zero-order valence-corrected chi connectivity index (χ0v) is 13.1. The predicted molar refractivity (Wildman–Crippen MR) is 76.6 cm³/mol. The SMILES string of the molecule is CCCCCC(C)(C)CNCC(=O)OC(C)(C)C. The van der Waals surface area contributed by atoms with Crippen LogP contribution in [0.3, 0.4) is 0 Å². The maximum Gasteiger partial charge on any atom is 0.320 e. The van der Waals surface area contributed by atoms with Gasteiger partial charge in [0.25, 0.3) is 0 Å². The number of rotatable bonds is 8. The molecule has 3 nitrogen and oxygen atoms in total. The molecule has 0 unspecified atom stereocenters. The minimum absolute atomic E-state index is 0.174. The molecule has 0 radical (unpaired) electrons. The Bertz CT molecular complexity index is 241. The van der Waals surface area contributed by atoms with E-state index in [0.717, 1.165) is 6.54 Å². The van der Waals surface area contributed by atoms with Gasteiger partial charge in [0.2, 0.25) is 0 Å². The number of nitrogens with one attached hydrogen (secondary N) is 1. The highest BCUT2D eigenvalue weighted by molar-refractivity contribution is 5.72. The van der Waals surface area contributed by atoms with Crippen LogP contribution in [0.15, 0.2) is 0 Å². The number of carbonyl (C=O) groups excluding carboxylic acids is 1. The summed E-state index contributed by atoms with van der Waals surface area (Å²) in [6, 6.07) is 0. The molecule has 0 fully saturated rings. The lowest BCUT2D eigenvalue weighted by Crippen LogP contribution is -2.36. The first-order chi connectivity index (χ1) is 8.16. The molecule has 0 aromatic rings. The molecule has 0 rings (SSSR count). The Morgan fingerprint density at radius 1 is 1.11 bits per heavy atom. The molecule has 18 heavy (non-hydrogen) atoms. The number of unbranched alkanes of at least 4 members (excludes halogenated alkanes) is 2. The summed E-state index contributed by atoms with van der Waals surface area (Å²) in [5.41, 5.74) is -0.146. The molecular weight excluding hydrogens is 226 g/mol. The van der Waals surface area contributed by atoms with E-state index in [9.17, 15) is 4.79 Å². The molecule has 0 spiro atoms. The van der Waals surface area contributed by atoms with Gasteiger partial charge < -0.3 is 10.1 Å². The fraction of sp³-hybridized carbons (Fsp3) is 0.933. The molecule has 0 aliphatic heterocycles. The molecule has 108 valence electrons. The minimum atomic E-state index is -0.393. The van der Waals surface area contributed by atoms with Crippen molar-refractivity contribution in [3.8, 4) is 0 Å². The lowest BCUT2D eigenvalue weighted by Gasteiger charge is -2.25. The summed E-state index contributed by atoms with van der Waals surface area (Å²) in [6.07, 6.45) is 5.00. The quantitative estimate of drug-likeness (QED) is 0.534. The minimum Gasteiger partial charge on any atom is -0.459 e. The van der Waals surface area contributed by atoms with Gasteiger partial charge in [-0.3, -0.25) is 4.79 Å². The highest BCUT2D eigenvalue weighted by atomic mass is 16.6. The average molecular weight is 257 g/mol. The monoisotopic (exact) mass is 257 g/mol. The third-order valence-electron chi connectivity index (χ3n) is 2.75. The van der Waals surface area contributed by atoms with E-state index < -0.39 is 5.60 Å². The van der Waals surface area contributed by atoms with E-state index >= 15 is 0 Å². The Kier molecular flexibility index (Phi) is 7.53. The van der Waals surface area contributed by atoms with Gasteiger partial charge in [0.05, 0.1) is 6.54 Å². The summed E-state index contributed by atoms with van der Waals surface area (Å²) >= 11 is 0. The molecule has 0 amide bonds. The summed E-state index contributed by atoms with van der Waals surface area (Å²) in [6.45, 7) is 13.5. The van der Waals surface area contributed by atoms with Gasteiger partial charge in [-0.1, -0.05) is 40.0 Å². The Morgan fingerprint density at radius 3 is 2.22 bits per heavy atom. The summed E-state index contributed by atoms with van der Waals surface area (Å²) in [4.78, 5) is 11.5. The maximum absolute atomic E-state index is 11.5. The molecule has 0 heterocycles. The molecule has 3 heteroatoms. The van der Waals surface area contributed by atoms with Crippen LogP contribution in [0, 0.1) is 5.41 Å². The van der Waals surface area contributed by atoms with Crippen molar-refractivity contribution in [3.05, 3.63) is 0 Å². The standard InChI is InChI=1S/C15H31NO2/c1-7-8-9-10-15(5,6)12-16-11-13(17)18-14(2,3)4/h16H,7-12H2,1-6H3. The molecule has 0 aliphatic carbocycles. The Morgan fingerprint density at radius 2 is 1.72 bits per heavy atom. The second-order valence-electron chi connectivity index (χ2n) is 6.81. The van der Waals surface area contributed by atoms with Crippen LogP contribution in [0.25, 0.3) is 0 Å². The third kappa shape index (κ3) is 10.6. The van der Waals surface area contributed by atoms with Gasteiger partial charge >= 0.3 is 5.97 Å². The van der Waals surface area contributed by atoms with E-state index in [1.807, 2.05) is 20.8 Å². The maximum atomic E-state index is 11.5. The highest BCUT2D eigenvalue weighted by Crippen LogP contribution is 2.22. The van der Waals surface area contributed by atoms with E-state index in [1.54, 1.807) is 0 Å². The summed E-state index contributed by atoms with van der Waals surface area (Å²) in [5.74, 6) is -0.174. The number of hydrogen-bond donors (Lipinski definition) is 1. The summed E-state index contributed by atoms with van der Waals surface area (Å²) < 4.78 is 5.25. The fourth-order valence-electron chi connectivity index (χ4n) is 1.82. The van der Waals surface area contributed by atoms with Crippen LogP contribution in [-0.2, 0) is 9.53 Å². The van der Waals surface area contributed by atoms with Crippen molar-refractivity contribution in [2.45, 2.75) is 72.8 Å². The van der Waals surface area contributed by atoms with E-state index in [4.69, 9.17) is 4.74 Å². The molecule has 0 saturated carbocycles. The molecule has 0 aliphatic rings. The topological polar surface area (TPSA) is 38.3 Å². The van der Waals surface area contributed by atoms with Crippen LogP contribution >= 0.6 is 0 Å². The van der Waals surface area contributed by atoms with Crippen molar-refractivity contribution in [1.29, 1.82) is 0 Å². The Labute approximate surface area is 113 Å². The van der Waals surface area contributed by atoms with Gasteiger partial charge in [0.1, 0.15) is 5.60 Å². The van der Waals surface area contributed by atoms with Gasteiger partial charge in [-0.05, 0) is 32.6 Å². The van der Waals surface area contributed by atoms with Crippen molar-refractivity contribution >= 4 is 5.97 Å². The van der Waals surface area contributed by atoms with Crippen LogP contribution in [0.4, 0.5) is 0 Å². The van der Waals surface area contributed by atoms with E-state index in [1.165, 1.54) is 25.7 Å². The van der Waals surface area contributed by atoms with Gasteiger partial charge in [-0.15, -0.1) is 0 Å². The van der Waals surface area contributed by atoms with Crippen LogP contribution < -0.4 is 5.32 Å². The molecular formula is C15H31NO2. The number of ether oxygens (including phenoxy) is 1. The lowest BCUT2D eigenvalue weighted by atomic mass is 9.87. The van der Waals surface area contributed by atoms with Crippen LogP contribution in [0.2, 0.25) is 0 Å². The van der Waals surface area contributed by atoms with Gasteiger partial charge in [-0.25, -0.2) is 0 Å². The fourth-order valence-corrected chi connectivity index (χ4v) is 1.82. The zero-order chi connectivity index (χ0) is 14.2. The number of esters is 1. The second-order valence-corrected chi connectivity index (χ2v) is 6.81. The number of carbonyl (C=O) groups is 1. The normalized spacial score (nSPS) is 12.6. The zero-order valence-electron chi connectivity index (χ0n) is 13.1. The van der Waals surface area contributed by atoms with Crippen molar-refractivity contribution in [3.63, 3.8) is 0 Å². The molecule has 0 bridgehead atoms. The summed E-state index contributed by atoms with van der Waals surface area (Å²) in [5, 5.41) is 3.20. The predicted octanol–water partition coefficient (Wildman–Crippen LogP) is 3.52. The van der Waals surface area contributed by atoms with Crippen molar-refractivity contribution in [2.75, 3.05) is 13.1 Å². The van der Waals surface area contributed by atoms with Crippen molar-refractivity contribution in [2.24, 2.45) is 5.41 Å². The Balaban J connectivity index is 3.78. The average Bonchev–Trinajstić information content (AvgIpc) is 2.14. The first kappa shape index (κ1) is 17.4. The van der Waals surface area contributed by atoms with Crippen LogP contribution in [0.5, 0.6) is 0 Å². The van der Waals surface area contributed by atoms with E-state index in [0.29, 0.717) is 6.54 Å². The van der Waals surface area contributed by atoms with E-state index in [2.05, 4.69) is 26.1 Å². The third-order valence-corrected chi connectivity index (χ3v) is 2.75. The Hall–Kier alpha value is -0.570. The van der Waals surface area contributed by atoms with Crippen molar-refractivity contribution in [1.82, 2.24) is 5.32 Å². The molecule has 0 aromatic carbocycles. The largest absolute Gasteiger partial charge is 0.459 e. The molecule has 0 saturated heterocycles. The first-order valence-electron chi connectivity index (χ1n) is 7.09. The van der Waals surface area contributed by atoms with E-state index in [-0.39, 0.29) is 11.4 Å². The highest BCUT2D eigenvalue weighted by Gasteiger charge is 2.19. The first-order valence-corrected chi connectivity index (χ1v) is 7.09. The second kappa shape index (κ2) is 7.78. The lowest BCUT2D eigenvalue weighted by molar-refractivity contribution is -0.153. The molecule has 1 N–H and O–H groups in total. The van der Waals surface area contributed by atoms with Crippen LogP contribution in [0.1, 0.15) is 67.2 Å². The smallest absolute Gasteiger partial charge is 0.320 e. The molecule has 0 atom stereocenters. The van der Waals surface area contributed by atoms with Crippen LogP contribution in [-0.4, -0.2) is 24.7 Å². The van der Waals surface area contributed by atoms with Gasteiger partial charge in [0.15, 0.2) is 0 Å². The molecule has 0 aromatic heterocycles. The van der Waals surface area contributed by atoms with Gasteiger partial charge in [0, 0.05) is 6.54 Å². The summed E-state index contributed by atoms with van der Waals surface area (Å²) in [7, 11) is 0.